The molecule has 1 saturated heterocycles. The molecule has 1 aromatic heterocycles. The topological polar surface area (TPSA) is 60.4 Å². The normalized spacial score (nSPS) is 36.8. The van der Waals surface area contributed by atoms with E-state index in [1.807, 2.05) is 6.07 Å². The minimum atomic E-state index is 0.229. The average molecular weight is 194 g/mol. The zero-order valence-electron chi connectivity index (χ0n) is 7.85. The van der Waals surface area contributed by atoms with Crippen molar-refractivity contribution in [1.29, 1.82) is 0 Å². The number of ether oxygens (including phenoxy) is 1. The van der Waals surface area contributed by atoms with E-state index in [9.17, 15) is 0 Å². The van der Waals surface area contributed by atoms with Gasteiger partial charge in [-0.3, -0.25) is 11.3 Å². The molecule has 1 aliphatic heterocycles. The average Bonchev–Trinajstić information content (AvgIpc) is 2.67. The predicted octanol–water partition coefficient (Wildman–Crippen LogP) is 0.676. The van der Waals surface area contributed by atoms with E-state index in [4.69, 9.17) is 15.0 Å². The summed E-state index contributed by atoms with van der Waals surface area (Å²) in [5, 5.41) is 0. The summed E-state index contributed by atoms with van der Waals surface area (Å²) in [7, 11) is 0. The molecule has 0 amide bonds. The van der Waals surface area contributed by atoms with Crippen molar-refractivity contribution in [2.45, 2.75) is 6.04 Å². The molecule has 3 atom stereocenters. The molecule has 0 bridgehead atoms. The number of rotatable bonds is 3. The Morgan fingerprint density at radius 2 is 2.21 bits per heavy atom. The number of nitrogens with one attached hydrogen (secondary N) is 1. The van der Waals surface area contributed by atoms with Gasteiger partial charge in [-0.25, -0.2) is 0 Å². The minimum absolute atomic E-state index is 0.229. The van der Waals surface area contributed by atoms with Crippen LogP contribution in [0.25, 0.3) is 0 Å². The minimum Gasteiger partial charge on any atom is -0.472 e. The first-order valence-corrected chi connectivity index (χ1v) is 4.98. The van der Waals surface area contributed by atoms with E-state index in [-0.39, 0.29) is 6.04 Å². The highest BCUT2D eigenvalue weighted by Gasteiger charge is 2.57. The van der Waals surface area contributed by atoms with E-state index >= 15 is 0 Å². The smallest absolute Gasteiger partial charge is 0.0950 e. The zero-order chi connectivity index (χ0) is 9.54. The van der Waals surface area contributed by atoms with Gasteiger partial charge in [0.05, 0.1) is 31.8 Å². The zero-order valence-corrected chi connectivity index (χ0v) is 7.85. The molecule has 3 unspecified atom stereocenters. The number of fused-ring (bicyclic) bond motifs is 1. The Labute approximate surface area is 82.4 Å². The SMILES string of the molecule is NNC(c1ccoc1)C1C2COCC21. The maximum Gasteiger partial charge on any atom is 0.0950 e. The summed E-state index contributed by atoms with van der Waals surface area (Å²) in [5.41, 5.74) is 4.02. The van der Waals surface area contributed by atoms with Gasteiger partial charge < -0.3 is 9.15 Å². The molecule has 76 valence electrons. The van der Waals surface area contributed by atoms with E-state index < -0.39 is 0 Å². The van der Waals surface area contributed by atoms with Crippen LogP contribution >= 0.6 is 0 Å². The molecule has 2 fully saturated rings. The monoisotopic (exact) mass is 194 g/mol. The van der Waals surface area contributed by atoms with Gasteiger partial charge in [-0.2, -0.15) is 0 Å². The van der Waals surface area contributed by atoms with Crippen molar-refractivity contribution in [1.82, 2.24) is 5.43 Å². The first-order chi connectivity index (χ1) is 6.92. The third-order valence-corrected chi connectivity index (χ3v) is 3.49. The Balaban J connectivity index is 1.77. The molecule has 0 aromatic carbocycles. The lowest BCUT2D eigenvalue weighted by atomic mass is 10.0. The number of hydrazine groups is 1. The van der Waals surface area contributed by atoms with Crippen molar-refractivity contribution in [2.75, 3.05) is 13.2 Å². The van der Waals surface area contributed by atoms with E-state index in [1.165, 1.54) is 0 Å². The fraction of sp³-hybridized carbons (Fsp3) is 0.600. The molecule has 1 aromatic rings. The molecular formula is C10H14N2O2. The quantitative estimate of drug-likeness (QED) is 0.548. The molecule has 2 heterocycles. The molecule has 0 spiro atoms. The van der Waals surface area contributed by atoms with Crippen LogP contribution < -0.4 is 11.3 Å². The van der Waals surface area contributed by atoms with Crippen LogP contribution in [0, 0.1) is 17.8 Å². The van der Waals surface area contributed by atoms with Gasteiger partial charge in [0, 0.05) is 5.56 Å². The maximum absolute atomic E-state index is 5.58. The standard InChI is InChI=1S/C10H14N2O2/c11-12-10(6-1-2-13-3-6)9-7-4-14-5-8(7)9/h1-3,7-10,12H,4-5,11H2. The van der Waals surface area contributed by atoms with Crippen LogP contribution in [0.2, 0.25) is 0 Å². The molecule has 3 rings (SSSR count). The molecule has 3 N–H and O–H groups in total. The first kappa shape index (κ1) is 8.47. The van der Waals surface area contributed by atoms with E-state index in [0.29, 0.717) is 17.8 Å². The highest BCUT2D eigenvalue weighted by molar-refractivity contribution is 5.19. The second-order valence-electron chi connectivity index (χ2n) is 4.14. The van der Waals surface area contributed by atoms with Gasteiger partial charge in [0.15, 0.2) is 0 Å². The van der Waals surface area contributed by atoms with Gasteiger partial charge in [-0.05, 0) is 23.8 Å². The lowest BCUT2D eigenvalue weighted by molar-refractivity contribution is 0.143. The van der Waals surface area contributed by atoms with Gasteiger partial charge >= 0.3 is 0 Å². The number of hydrogen-bond acceptors (Lipinski definition) is 4. The predicted molar refractivity (Wildman–Crippen MR) is 50.1 cm³/mol. The molecule has 1 saturated carbocycles. The summed E-state index contributed by atoms with van der Waals surface area (Å²) >= 11 is 0. The number of furan rings is 1. The molecule has 1 aliphatic carbocycles. The van der Waals surface area contributed by atoms with Crippen LogP contribution in [-0.2, 0) is 4.74 Å². The van der Waals surface area contributed by atoms with E-state index in [1.54, 1.807) is 12.5 Å². The van der Waals surface area contributed by atoms with Crippen LogP contribution in [0.15, 0.2) is 23.0 Å². The highest BCUT2D eigenvalue weighted by atomic mass is 16.5. The molecular weight excluding hydrogens is 180 g/mol. The van der Waals surface area contributed by atoms with Crippen molar-refractivity contribution in [2.24, 2.45) is 23.6 Å². The molecule has 0 radical (unpaired) electrons. The van der Waals surface area contributed by atoms with Crippen LogP contribution in [0.4, 0.5) is 0 Å². The van der Waals surface area contributed by atoms with Crippen molar-refractivity contribution in [3.05, 3.63) is 24.2 Å². The highest BCUT2D eigenvalue weighted by Crippen LogP contribution is 2.56. The summed E-state index contributed by atoms with van der Waals surface area (Å²) in [6, 6.07) is 2.20. The van der Waals surface area contributed by atoms with Crippen molar-refractivity contribution in [3.63, 3.8) is 0 Å². The maximum atomic E-state index is 5.58. The Kier molecular flexibility index (Phi) is 1.87. The molecule has 14 heavy (non-hydrogen) atoms. The molecule has 2 aliphatic rings. The third kappa shape index (κ3) is 1.11. The van der Waals surface area contributed by atoms with E-state index in [2.05, 4.69) is 5.43 Å². The number of nitrogens with two attached hydrogens (primary N) is 1. The number of hydrogen-bond donors (Lipinski definition) is 2. The Morgan fingerprint density at radius 1 is 1.43 bits per heavy atom. The first-order valence-electron chi connectivity index (χ1n) is 4.98. The molecule has 4 nitrogen and oxygen atoms in total. The summed E-state index contributed by atoms with van der Waals surface area (Å²) in [6.45, 7) is 1.79. The lowest BCUT2D eigenvalue weighted by Gasteiger charge is -2.15. The lowest BCUT2D eigenvalue weighted by Crippen LogP contribution is -2.31. The third-order valence-electron chi connectivity index (χ3n) is 3.49. The van der Waals surface area contributed by atoms with Gasteiger partial charge in [0.2, 0.25) is 0 Å². The largest absolute Gasteiger partial charge is 0.472 e. The van der Waals surface area contributed by atoms with Crippen LogP contribution in [0.3, 0.4) is 0 Å². The van der Waals surface area contributed by atoms with Gasteiger partial charge in [0.25, 0.3) is 0 Å². The van der Waals surface area contributed by atoms with Gasteiger partial charge in [-0.1, -0.05) is 0 Å². The fourth-order valence-corrected chi connectivity index (χ4v) is 2.66. The molecule has 4 heteroatoms. The van der Waals surface area contributed by atoms with Crippen LogP contribution in [0.5, 0.6) is 0 Å². The Morgan fingerprint density at radius 3 is 2.79 bits per heavy atom. The van der Waals surface area contributed by atoms with Crippen LogP contribution in [0.1, 0.15) is 11.6 Å². The van der Waals surface area contributed by atoms with Gasteiger partial charge in [-0.15, -0.1) is 0 Å². The summed E-state index contributed by atoms with van der Waals surface area (Å²) in [6.07, 6.45) is 3.45. The van der Waals surface area contributed by atoms with Crippen molar-refractivity contribution < 1.29 is 9.15 Å². The van der Waals surface area contributed by atoms with Gasteiger partial charge in [0.1, 0.15) is 0 Å². The van der Waals surface area contributed by atoms with Crippen molar-refractivity contribution >= 4 is 0 Å². The van der Waals surface area contributed by atoms with Crippen LogP contribution in [-0.4, -0.2) is 13.2 Å². The fourth-order valence-electron chi connectivity index (χ4n) is 2.66. The van der Waals surface area contributed by atoms with Crippen molar-refractivity contribution in [3.8, 4) is 0 Å². The summed E-state index contributed by atoms with van der Waals surface area (Å²) < 4.78 is 10.4. The second kappa shape index (κ2) is 3.08. The summed E-state index contributed by atoms with van der Waals surface area (Å²) in [5.74, 6) is 7.61. The second-order valence-corrected chi connectivity index (χ2v) is 4.14. The Bertz CT molecular complexity index is 302. The Hall–Kier alpha value is -0.840. The summed E-state index contributed by atoms with van der Waals surface area (Å²) in [4.78, 5) is 0. The van der Waals surface area contributed by atoms with E-state index in [0.717, 1.165) is 18.8 Å².